The molecule has 1 atom stereocenters. The largest absolute Gasteiger partial charge is 0.464 e. The SMILES string of the molecule is CC1(C)CN(C(=O)N2CCC[C@H](CN3CCOCC3)C2)C=Cc2c1c1ccccc1n2C(=O)O. The van der Waals surface area contributed by atoms with Gasteiger partial charge in [0, 0.05) is 56.3 Å². The summed E-state index contributed by atoms with van der Waals surface area (Å²) >= 11 is 0. The molecule has 0 aliphatic carbocycles. The van der Waals surface area contributed by atoms with Crippen LogP contribution in [-0.2, 0) is 10.2 Å². The second-order valence-electron chi connectivity index (χ2n) is 10.4. The van der Waals surface area contributed by atoms with E-state index in [9.17, 15) is 14.7 Å². The minimum atomic E-state index is -1.01. The summed E-state index contributed by atoms with van der Waals surface area (Å²) in [6, 6.07) is 7.61. The van der Waals surface area contributed by atoms with Gasteiger partial charge in [-0.15, -0.1) is 0 Å². The summed E-state index contributed by atoms with van der Waals surface area (Å²) in [5.41, 5.74) is 1.87. The number of para-hydroxylation sites is 1. The van der Waals surface area contributed by atoms with Crippen LogP contribution in [0.15, 0.2) is 30.5 Å². The van der Waals surface area contributed by atoms with Gasteiger partial charge in [0.25, 0.3) is 0 Å². The van der Waals surface area contributed by atoms with Crippen molar-refractivity contribution >= 4 is 29.1 Å². The van der Waals surface area contributed by atoms with Crippen molar-refractivity contribution in [3.63, 3.8) is 0 Å². The highest BCUT2D eigenvalue weighted by Gasteiger charge is 2.37. The fourth-order valence-electron chi connectivity index (χ4n) is 5.90. The van der Waals surface area contributed by atoms with Gasteiger partial charge in [0.2, 0.25) is 0 Å². The van der Waals surface area contributed by atoms with Crippen LogP contribution >= 0.6 is 0 Å². The molecule has 8 heteroatoms. The molecule has 2 aromatic rings. The summed E-state index contributed by atoms with van der Waals surface area (Å²) in [5.74, 6) is 0.470. The number of urea groups is 1. The Labute approximate surface area is 200 Å². The zero-order valence-electron chi connectivity index (χ0n) is 20.1. The van der Waals surface area contributed by atoms with Gasteiger partial charge < -0.3 is 19.6 Å². The van der Waals surface area contributed by atoms with Gasteiger partial charge in [-0.2, -0.15) is 0 Å². The van der Waals surface area contributed by atoms with Crippen molar-refractivity contribution in [3.05, 3.63) is 41.7 Å². The van der Waals surface area contributed by atoms with Crippen molar-refractivity contribution < 1.29 is 19.4 Å². The number of benzene rings is 1. The molecule has 1 N–H and O–H groups in total. The van der Waals surface area contributed by atoms with Crippen LogP contribution in [0.5, 0.6) is 0 Å². The summed E-state index contributed by atoms with van der Waals surface area (Å²) in [7, 11) is 0. The summed E-state index contributed by atoms with van der Waals surface area (Å²) in [4.78, 5) is 32.0. The average Bonchev–Trinajstić information content (AvgIpc) is 3.10. The van der Waals surface area contributed by atoms with E-state index in [4.69, 9.17) is 4.74 Å². The molecule has 182 valence electrons. The van der Waals surface area contributed by atoms with E-state index < -0.39 is 11.5 Å². The zero-order chi connectivity index (χ0) is 23.9. The highest BCUT2D eigenvalue weighted by molar-refractivity contribution is 5.97. The Kier molecular flexibility index (Phi) is 6.12. The molecule has 34 heavy (non-hydrogen) atoms. The molecule has 8 nitrogen and oxygen atoms in total. The van der Waals surface area contributed by atoms with E-state index in [2.05, 4.69) is 18.7 Å². The molecule has 2 fully saturated rings. The van der Waals surface area contributed by atoms with Crippen molar-refractivity contribution in [3.8, 4) is 0 Å². The van der Waals surface area contributed by atoms with Gasteiger partial charge in [0.15, 0.2) is 0 Å². The Morgan fingerprint density at radius 1 is 1.15 bits per heavy atom. The number of likely N-dealkylation sites (tertiary alicyclic amines) is 1. The van der Waals surface area contributed by atoms with Crippen LogP contribution in [0.3, 0.4) is 0 Å². The fourth-order valence-corrected chi connectivity index (χ4v) is 5.90. The van der Waals surface area contributed by atoms with E-state index >= 15 is 0 Å². The predicted molar refractivity (Wildman–Crippen MR) is 131 cm³/mol. The minimum Gasteiger partial charge on any atom is -0.464 e. The standard InChI is InChI=1S/C26H34N4O4/c1-26(2)18-29(11-9-22-23(26)20-7-3-4-8-21(20)30(22)25(32)33)24(31)28-10-5-6-19(17-28)16-27-12-14-34-15-13-27/h3-4,7-9,11,19H,5-6,10,12-18H2,1-2H3,(H,32,33)/t19-/m1/s1. The van der Waals surface area contributed by atoms with Crippen LogP contribution in [0.1, 0.15) is 37.9 Å². The molecule has 1 aromatic heterocycles. The molecule has 0 bridgehead atoms. The van der Waals surface area contributed by atoms with Crippen LogP contribution in [0.4, 0.5) is 9.59 Å². The quantitative estimate of drug-likeness (QED) is 0.727. The second kappa shape index (κ2) is 9.07. The first kappa shape index (κ1) is 22.9. The molecular weight excluding hydrogens is 432 g/mol. The smallest absolute Gasteiger partial charge is 0.416 e. The van der Waals surface area contributed by atoms with E-state index in [0.29, 0.717) is 23.7 Å². The second-order valence-corrected chi connectivity index (χ2v) is 10.4. The lowest BCUT2D eigenvalue weighted by molar-refractivity contribution is 0.0242. The number of ether oxygens (including phenoxy) is 1. The summed E-state index contributed by atoms with van der Waals surface area (Å²) in [6.07, 6.45) is 4.71. The first-order valence-electron chi connectivity index (χ1n) is 12.3. The number of nitrogens with zero attached hydrogens (tertiary/aromatic N) is 4. The molecule has 2 amide bonds. The molecule has 1 aromatic carbocycles. The van der Waals surface area contributed by atoms with E-state index in [1.54, 1.807) is 17.2 Å². The van der Waals surface area contributed by atoms with Gasteiger partial charge in [-0.25, -0.2) is 14.2 Å². The molecule has 0 spiro atoms. The minimum absolute atomic E-state index is 0.00679. The van der Waals surface area contributed by atoms with E-state index in [-0.39, 0.29) is 6.03 Å². The van der Waals surface area contributed by atoms with Gasteiger partial charge in [-0.3, -0.25) is 4.90 Å². The van der Waals surface area contributed by atoms with Crippen molar-refractivity contribution in [1.29, 1.82) is 0 Å². The Bertz CT molecular complexity index is 1120. The number of amides is 2. The first-order valence-corrected chi connectivity index (χ1v) is 12.3. The Morgan fingerprint density at radius 2 is 1.91 bits per heavy atom. The number of aromatic nitrogens is 1. The van der Waals surface area contributed by atoms with Crippen molar-refractivity contribution in [2.24, 2.45) is 5.92 Å². The molecule has 5 rings (SSSR count). The van der Waals surface area contributed by atoms with Crippen molar-refractivity contribution in [1.82, 2.24) is 19.3 Å². The average molecular weight is 467 g/mol. The van der Waals surface area contributed by atoms with Crippen LogP contribution < -0.4 is 0 Å². The Hall–Kier alpha value is -2.84. The number of hydrogen-bond donors (Lipinski definition) is 1. The lowest BCUT2D eigenvalue weighted by Gasteiger charge is -2.39. The lowest BCUT2D eigenvalue weighted by atomic mass is 9.82. The monoisotopic (exact) mass is 466 g/mol. The van der Waals surface area contributed by atoms with Crippen LogP contribution in [0.25, 0.3) is 17.0 Å². The number of carbonyl (C=O) groups is 2. The lowest BCUT2D eigenvalue weighted by Crippen LogP contribution is -2.50. The summed E-state index contributed by atoms with van der Waals surface area (Å²) in [5, 5.41) is 10.9. The van der Waals surface area contributed by atoms with Gasteiger partial charge in [0.1, 0.15) is 0 Å². The van der Waals surface area contributed by atoms with E-state index in [1.807, 2.05) is 29.2 Å². The molecule has 0 unspecified atom stereocenters. The van der Waals surface area contributed by atoms with Crippen LogP contribution in [0.2, 0.25) is 0 Å². The maximum atomic E-state index is 13.6. The third-order valence-corrected chi connectivity index (χ3v) is 7.41. The number of hydrogen-bond acceptors (Lipinski definition) is 4. The number of fused-ring (bicyclic) bond motifs is 3. The maximum absolute atomic E-state index is 13.6. The summed E-state index contributed by atoms with van der Waals surface area (Å²) < 4.78 is 6.81. The van der Waals surface area contributed by atoms with Crippen molar-refractivity contribution in [2.45, 2.75) is 32.1 Å². The molecule has 3 aliphatic heterocycles. The Morgan fingerprint density at radius 3 is 2.68 bits per heavy atom. The molecule has 0 saturated carbocycles. The number of morpholine rings is 1. The highest BCUT2D eigenvalue weighted by Crippen LogP contribution is 2.39. The molecule has 2 saturated heterocycles. The van der Waals surface area contributed by atoms with Gasteiger partial charge >= 0.3 is 12.1 Å². The normalized spacial score (nSPS) is 23.1. The topological polar surface area (TPSA) is 78.3 Å². The molecular formula is C26H34N4O4. The van der Waals surface area contributed by atoms with Gasteiger partial charge in [-0.1, -0.05) is 32.0 Å². The number of piperidine rings is 1. The third-order valence-electron chi connectivity index (χ3n) is 7.41. The van der Waals surface area contributed by atoms with Gasteiger partial charge in [-0.05, 0) is 36.5 Å². The third kappa shape index (κ3) is 4.20. The predicted octanol–water partition coefficient (Wildman–Crippen LogP) is 3.90. The van der Waals surface area contributed by atoms with Crippen molar-refractivity contribution in [2.75, 3.05) is 52.5 Å². The highest BCUT2D eigenvalue weighted by atomic mass is 16.5. The fraction of sp³-hybridized carbons (Fsp3) is 0.538. The first-order chi connectivity index (χ1) is 16.3. The summed E-state index contributed by atoms with van der Waals surface area (Å²) in [6.45, 7) is 10.7. The van der Waals surface area contributed by atoms with E-state index in [0.717, 1.165) is 69.7 Å². The number of carboxylic acid groups (broad SMARTS) is 1. The molecule has 0 radical (unpaired) electrons. The van der Waals surface area contributed by atoms with Crippen LogP contribution in [0, 0.1) is 5.92 Å². The van der Waals surface area contributed by atoms with Crippen LogP contribution in [-0.4, -0.2) is 89.0 Å². The zero-order valence-corrected chi connectivity index (χ0v) is 20.1. The maximum Gasteiger partial charge on any atom is 0.416 e. The molecule has 3 aliphatic rings. The number of carbonyl (C=O) groups excluding carboxylic acids is 1. The molecule has 4 heterocycles. The Balaban J connectivity index is 1.38. The number of rotatable bonds is 2. The van der Waals surface area contributed by atoms with E-state index in [1.165, 1.54) is 4.57 Å². The van der Waals surface area contributed by atoms with Gasteiger partial charge in [0.05, 0.1) is 24.4 Å².